The third-order valence-electron chi connectivity index (χ3n) is 3.54. The van der Waals surface area contributed by atoms with Crippen molar-refractivity contribution >= 4 is 40.8 Å². The topological polar surface area (TPSA) is 109 Å². The molecule has 4 amide bonds. The number of nitrogens with one attached hydrogen (secondary N) is 4. The smallest absolute Gasteiger partial charge is 0.319 e. The van der Waals surface area contributed by atoms with E-state index in [-0.39, 0.29) is 23.4 Å². The van der Waals surface area contributed by atoms with E-state index in [0.29, 0.717) is 30.1 Å². The maximum atomic E-state index is 12.0. The highest BCUT2D eigenvalue weighted by atomic mass is 35.5. The number of rotatable bonds is 2. The summed E-state index contributed by atoms with van der Waals surface area (Å²) in [6, 6.07) is 1.93. The molecule has 2 aliphatic heterocycles. The number of piperidine rings is 1. The van der Waals surface area contributed by atoms with Gasteiger partial charge >= 0.3 is 6.03 Å². The van der Waals surface area contributed by atoms with E-state index in [1.807, 2.05) is 0 Å². The van der Waals surface area contributed by atoms with E-state index in [1.165, 1.54) is 12.1 Å². The summed E-state index contributed by atoms with van der Waals surface area (Å²) in [6.07, 6.45) is 1.40. The van der Waals surface area contributed by atoms with Crippen LogP contribution in [0.3, 0.4) is 0 Å². The third kappa shape index (κ3) is 3.48. The Kier molecular flexibility index (Phi) is 4.24. The Morgan fingerprint density at radius 1 is 1.35 bits per heavy atom. The van der Waals surface area contributed by atoms with Gasteiger partial charge in [-0.2, -0.15) is 0 Å². The number of hydrogen-bond acceptors (Lipinski definition) is 4. The fourth-order valence-corrected chi connectivity index (χ4v) is 2.63. The molecule has 4 N–H and O–H groups in total. The van der Waals surface area contributed by atoms with Crippen molar-refractivity contribution in [3.05, 3.63) is 17.2 Å². The lowest BCUT2D eigenvalue weighted by atomic mass is 10.1. The lowest BCUT2D eigenvalue weighted by molar-refractivity contribution is -0.124. The molecule has 2 heterocycles. The number of carbonyl (C=O) groups is 3. The molecule has 0 bridgehead atoms. The summed E-state index contributed by atoms with van der Waals surface area (Å²) in [5, 5.41) is 10.7. The molecule has 1 aromatic carbocycles. The molecule has 0 spiro atoms. The zero-order valence-electron chi connectivity index (χ0n) is 12.1. The minimum absolute atomic E-state index is 0.0947. The summed E-state index contributed by atoms with van der Waals surface area (Å²) in [4.78, 5) is 34.9. The molecule has 9 heteroatoms. The molecule has 8 nitrogen and oxygen atoms in total. The van der Waals surface area contributed by atoms with Gasteiger partial charge in [0, 0.05) is 12.6 Å². The van der Waals surface area contributed by atoms with Crippen molar-refractivity contribution in [2.45, 2.75) is 18.9 Å². The molecule has 2 aliphatic rings. The summed E-state index contributed by atoms with van der Waals surface area (Å²) >= 11 is 6.10. The summed E-state index contributed by atoms with van der Waals surface area (Å²) in [5.74, 6) is -0.0518. The second-order valence-corrected chi connectivity index (χ2v) is 5.66. The number of hydrogen-bond donors (Lipinski definition) is 4. The van der Waals surface area contributed by atoms with Gasteiger partial charge in [-0.25, -0.2) is 4.79 Å². The first-order chi connectivity index (χ1) is 11.0. The average molecular weight is 339 g/mol. The monoisotopic (exact) mass is 338 g/mol. The molecule has 0 aromatic heterocycles. The number of urea groups is 1. The zero-order valence-corrected chi connectivity index (χ0v) is 12.8. The van der Waals surface area contributed by atoms with Gasteiger partial charge in [-0.3, -0.25) is 9.59 Å². The van der Waals surface area contributed by atoms with Gasteiger partial charge in [-0.1, -0.05) is 11.6 Å². The normalized spacial score (nSPS) is 19.8. The van der Waals surface area contributed by atoms with E-state index < -0.39 is 12.1 Å². The Hall–Kier alpha value is -2.48. The Bertz CT molecular complexity index is 679. The summed E-state index contributed by atoms with van der Waals surface area (Å²) in [5.41, 5.74) is 0.777. The number of anilines is 2. The molecule has 0 unspecified atom stereocenters. The molecule has 1 saturated heterocycles. The van der Waals surface area contributed by atoms with Gasteiger partial charge in [0.05, 0.1) is 16.4 Å². The highest BCUT2D eigenvalue weighted by molar-refractivity contribution is 6.34. The van der Waals surface area contributed by atoms with Crippen molar-refractivity contribution < 1.29 is 19.1 Å². The quantitative estimate of drug-likeness (QED) is 0.646. The lowest BCUT2D eigenvalue weighted by Crippen LogP contribution is -2.51. The first-order valence-electron chi connectivity index (χ1n) is 7.14. The van der Waals surface area contributed by atoms with Crippen molar-refractivity contribution in [2.24, 2.45) is 0 Å². The van der Waals surface area contributed by atoms with Crippen molar-refractivity contribution in [3.8, 4) is 5.75 Å². The van der Waals surface area contributed by atoms with Crippen molar-refractivity contribution in [2.75, 3.05) is 23.8 Å². The highest BCUT2D eigenvalue weighted by Gasteiger charge is 2.24. The van der Waals surface area contributed by atoms with Crippen LogP contribution in [0, 0.1) is 0 Å². The molecular weight excluding hydrogens is 324 g/mol. The van der Waals surface area contributed by atoms with Crippen LogP contribution in [-0.4, -0.2) is 37.0 Å². The van der Waals surface area contributed by atoms with Gasteiger partial charge in [0.1, 0.15) is 11.8 Å². The van der Waals surface area contributed by atoms with Gasteiger partial charge < -0.3 is 26.0 Å². The molecule has 0 aliphatic carbocycles. The summed E-state index contributed by atoms with van der Waals surface area (Å²) in [6.45, 7) is 0.529. The molecule has 0 radical (unpaired) electrons. The van der Waals surface area contributed by atoms with Crippen LogP contribution >= 0.6 is 11.6 Å². The lowest BCUT2D eigenvalue weighted by Gasteiger charge is -2.23. The van der Waals surface area contributed by atoms with Gasteiger partial charge in [0.15, 0.2) is 6.61 Å². The standard InChI is InChI=1S/C14H15ClN4O4/c15-7-4-10-11(23-6-12(20)17-10)5-9(7)19-14(22)18-8-2-1-3-16-13(8)21/h4-5,8H,1-3,6H2,(H,16,21)(H,17,20)(H2,18,19,22)/t8-/m1/s1. The summed E-state index contributed by atoms with van der Waals surface area (Å²) in [7, 11) is 0. The van der Waals surface area contributed by atoms with E-state index in [1.54, 1.807) is 0 Å². The average Bonchev–Trinajstić information content (AvgIpc) is 2.50. The van der Waals surface area contributed by atoms with Gasteiger partial charge in [0.25, 0.3) is 5.91 Å². The number of ether oxygens (including phenoxy) is 1. The van der Waals surface area contributed by atoms with Gasteiger partial charge in [-0.15, -0.1) is 0 Å². The van der Waals surface area contributed by atoms with Crippen molar-refractivity contribution in [1.82, 2.24) is 10.6 Å². The van der Waals surface area contributed by atoms with E-state index >= 15 is 0 Å². The Balaban J connectivity index is 1.68. The van der Waals surface area contributed by atoms with Crippen LogP contribution in [0.5, 0.6) is 5.75 Å². The highest BCUT2D eigenvalue weighted by Crippen LogP contribution is 2.36. The van der Waals surface area contributed by atoms with Gasteiger partial charge in [0.2, 0.25) is 5.91 Å². The minimum Gasteiger partial charge on any atom is -0.482 e. The van der Waals surface area contributed by atoms with E-state index in [0.717, 1.165) is 6.42 Å². The molecule has 1 atom stereocenters. The number of amides is 4. The van der Waals surface area contributed by atoms with Crippen LogP contribution in [0.2, 0.25) is 5.02 Å². The number of halogens is 1. The van der Waals surface area contributed by atoms with Crippen LogP contribution in [0.4, 0.5) is 16.2 Å². The molecule has 3 rings (SSSR count). The Labute approximate surface area is 136 Å². The molecule has 122 valence electrons. The molecule has 1 fully saturated rings. The minimum atomic E-state index is -0.560. The molecule has 23 heavy (non-hydrogen) atoms. The van der Waals surface area contributed by atoms with Crippen molar-refractivity contribution in [1.29, 1.82) is 0 Å². The van der Waals surface area contributed by atoms with E-state index in [9.17, 15) is 14.4 Å². The second kappa shape index (κ2) is 6.33. The Morgan fingerprint density at radius 3 is 2.96 bits per heavy atom. The first kappa shape index (κ1) is 15.4. The van der Waals surface area contributed by atoms with Crippen LogP contribution < -0.4 is 26.0 Å². The van der Waals surface area contributed by atoms with E-state index in [2.05, 4.69) is 21.3 Å². The maximum absolute atomic E-state index is 12.0. The largest absolute Gasteiger partial charge is 0.482 e. The maximum Gasteiger partial charge on any atom is 0.319 e. The number of benzene rings is 1. The fourth-order valence-electron chi connectivity index (χ4n) is 2.42. The van der Waals surface area contributed by atoms with Crippen LogP contribution in [-0.2, 0) is 9.59 Å². The Morgan fingerprint density at radius 2 is 2.17 bits per heavy atom. The number of carbonyl (C=O) groups excluding carboxylic acids is 3. The predicted octanol–water partition coefficient (Wildman–Crippen LogP) is 1.07. The van der Waals surface area contributed by atoms with Crippen LogP contribution in [0.1, 0.15) is 12.8 Å². The zero-order chi connectivity index (χ0) is 16.4. The first-order valence-corrected chi connectivity index (χ1v) is 7.52. The number of fused-ring (bicyclic) bond motifs is 1. The van der Waals surface area contributed by atoms with Crippen LogP contribution in [0.25, 0.3) is 0 Å². The fraction of sp³-hybridized carbons (Fsp3) is 0.357. The second-order valence-electron chi connectivity index (χ2n) is 5.25. The SMILES string of the molecule is O=C1COc2cc(NC(=O)N[C@@H]3CCCNC3=O)c(Cl)cc2N1. The van der Waals surface area contributed by atoms with Gasteiger partial charge in [-0.05, 0) is 18.9 Å². The van der Waals surface area contributed by atoms with Crippen LogP contribution in [0.15, 0.2) is 12.1 Å². The molecule has 0 saturated carbocycles. The summed E-state index contributed by atoms with van der Waals surface area (Å²) < 4.78 is 5.27. The van der Waals surface area contributed by atoms with Crippen molar-refractivity contribution in [3.63, 3.8) is 0 Å². The molecular formula is C14H15ClN4O4. The van der Waals surface area contributed by atoms with E-state index in [4.69, 9.17) is 16.3 Å². The predicted molar refractivity (Wildman–Crippen MR) is 83.8 cm³/mol. The third-order valence-corrected chi connectivity index (χ3v) is 3.85. The molecule has 1 aromatic rings.